The van der Waals surface area contributed by atoms with Crippen molar-refractivity contribution >= 4 is 10.8 Å². The van der Waals surface area contributed by atoms with Gasteiger partial charge in [-0.15, -0.1) is 0 Å². The van der Waals surface area contributed by atoms with E-state index in [0.717, 1.165) is 5.75 Å². The predicted molar refractivity (Wildman–Crippen MR) is 58.4 cm³/mol. The molecule has 1 aliphatic carbocycles. The van der Waals surface area contributed by atoms with Crippen molar-refractivity contribution < 1.29 is 4.21 Å². The van der Waals surface area contributed by atoms with Gasteiger partial charge in [0.25, 0.3) is 0 Å². The van der Waals surface area contributed by atoms with E-state index in [0.29, 0.717) is 11.3 Å². The molecule has 0 heterocycles. The number of hydrogen-bond donors (Lipinski definition) is 1. The van der Waals surface area contributed by atoms with Gasteiger partial charge in [0.2, 0.25) is 0 Å². The molecule has 0 aromatic heterocycles. The highest BCUT2D eigenvalue weighted by atomic mass is 32.2. The van der Waals surface area contributed by atoms with Crippen LogP contribution in [0.5, 0.6) is 0 Å². The van der Waals surface area contributed by atoms with E-state index in [1.807, 2.05) is 7.05 Å². The summed E-state index contributed by atoms with van der Waals surface area (Å²) in [7, 11) is 1.33. The third-order valence-electron chi connectivity index (χ3n) is 2.83. The summed E-state index contributed by atoms with van der Waals surface area (Å²) < 4.78 is 11.8. The summed E-state index contributed by atoms with van der Waals surface area (Å²) in [6.07, 6.45) is 6.27. The molecule has 1 saturated carbocycles. The molecule has 2 unspecified atom stereocenters. The van der Waals surface area contributed by atoms with E-state index >= 15 is 0 Å². The maximum atomic E-state index is 11.8. The van der Waals surface area contributed by atoms with E-state index in [-0.39, 0.29) is 0 Å². The van der Waals surface area contributed by atoms with Gasteiger partial charge in [-0.05, 0) is 26.8 Å². The lowest BCUT2D eigenvalue weighted by molar-refractivity contribution is 0.502. The molecule has 0 amide bonds. The Hall–Kier alpha value is 0.110. The Morgan fingerprint density at radius 2 is 2.00 bits per heavy atom. The van der Waals surface area contributed by atoms with E-state index in [4.69, 9.17) is 0 Å². The highest BCUT2D eigenvalue weighted by molar-refractivity contribution is 7.85. The molecular weight excluding hydrogens is 182 g/mol. The van der Waals surface area contributed by atoms with Gasteiger partial charge in [0.1, 0.15) is 0 Å². The van der Waals surface area contributed by atoms with E-state index < -0.39 is 10.8 Å². The fourth-order valence-electron chi connectivity index (χ4n) is 1.79. The second-order valence-electron chi connectivity index (χ2n) is 4.00. The second-order valence-corrected chi connectivity index (χ2v) is 5.76. The minimum Gasteiger partial charge on any atom is -0.316 e. The monoisotopic (exact) mass is 203 g/mol. The molecular formula is C10H21NOS. The van der Waals surface area contributed by atoms with Gasteiger partial charge in [-0.25, -0.2) is 0 Å². The average Bonchev–Trinajstić information content (AvgIpc) is 2.19. The van der Waals surface area contributed by atoms with Crippen LogP contribution in [0.2, 0.25) is 0 Å². The summed E-state index contributed by atoms with van der Waals surface area (Å²) >= 11 is 0. The van der Waals surface area contributed by atoms with Crippen LogP contribution in [-0.4, -0.2) is 28.3 Å². The Morgan fingerprint density at radius 1 is 1.38 bits per heavy atom. The van der Waals surface area contributed by atoms with E-state index in [1.54, 1.807) is 0 Å². The summed E-state index contributed by atoms with van der Waals surface area (Å²) in [6, 6.07) is 0.391. The van der Waals surface area contributed by atoms with Crippen LogP contribution in [0.4, 0.5) is 0 Å². The first kappa shape index (κ1) is 11.2. The van der Waals surface area contributed by atoms with E-state index in [9.17, 15) is 4.21 Å². The minimum absolute atomic E-state index is 0.391. The first-order chi connectivity index (χ1) is 6.24. The molecule has 0 bridgehead atoms. The van der Waals surface area contributed by atoms with Crippen LogP contribution in [0.3, 0.4) is 0 Å². The molecule has 1 fully saturated rings. The van der Waals surface area contributed by atoms with Crippen molar-refractivity contribution in [2.45, 2.75) is 50.3 Å². The van der Waals surface area contributed by atoms with Gasteiger partial charge >= 0.3 is 0 Å². The first-order valence-electron chi connectivity index (χ1n) is 5.28. The van der Waals surface area contributed by atoms with Crippen molar-refractivity contribution in [1.29, 1.82) is 0 Å². The molecule has 0 radical (unpaired) electrons. The lowest BCUT2D eigenvalue weighted by Crippen LogP contribution is -2.32. The lowest BCUT2D eigenvalue weighted by Gasteiger charge is -2.22. The van der Waals surface area contributed by atoms with Crippen LogP contribution >= 0.6 is 0 Å². The third kappa shape index (κ3) is 3.77. The molecule has 0 aliphatic heterocycles. The van der Waals surface area contributed by atoms with Gasteiger partial charge in [-0.3, -0.25) is 4.21 Å². The SMILES string of the molecule is CNC(C)CS(=O)C1CCCCC1. The van der Waals surface area contributed by atoms with Crippen LogP contribution in [0.15, 0.2) is 0 Å². The standard InChI is InChI=1S/C10H21NOS/c1-9(11-2)8-13(12)10-6-4-3-5-7-10/h9-11H,3-8H2,1-2H3. The average molecular weight is 203 g/mol. The Morgan fingerprint density at radius 3 is 2.54 bits per heavy atom. The van der Waals surface area contributed by atoms with E-state index in [2.05, 4.69) is 12.2 Å². The Balaban J connectivity index is 2.29. The number of rotatable bonds is 4. The summed E-state index contributed by atoms with van der Waals surface area (Å²) in [4.78, 5) is 0. The van der Waals surface area contributed by atoms with Gasteiger partial charge in [-0.1, -0.05) is 19.3 Å². The fourth-order valence-corrected chi connectivity index (χ4v) is 3.58. The fraction of sp³-hybridized carbons (Fsp3) is 1.00. The van der Waals surface area contributed by atoms with Crippen LogP contribution in [0, 0.1) is 0 Å². The molecule has 2 atom stereocenters. The molecule has 0 aromatic rings. The van der Waals surface area contributed by atoms with Gasteiger partial charge in [-0.2, -0.15) is 0 Å². The van der Waals surface area contributed by atoms with Crippen LogP contribution in [-0.2, 0) is 10.8 Å². The highest BCUT2D eigenvalue weighted by Gasteiger charge is 2.20. The van der Waals surface area contributed by atoms with Crippen LogP contribution in [0.1, 0.15) is 39.0 Å². The van der Waals surface area contributed by atoms with Crippen molar-refractivity contribution in [2.24, 2.45) is 0 Å². The van der Waals surface area contributed by atoms with Crippen molar-refractivity contribution in [3.05, 3.63) is 0 Å². The quantitative estimate of drug-likeness (QED) is 0.753. The maximum absolute atomic E-state index is 11.8. The summed E-state index contributed by atoms with van der Waals surface area (Å²) in [6.45, 7) is 2.10. The minimum atomic E-state index is -0.599. The van der Waals surface area contributed by atoms with Crippen LogP contribution in [0.25, 0.3) is 0 Å². The van der Waals surface area contributed by atoms with Crippen molar-refractivity contribution in [3.8, 4) is 0 Å². The highest BCUT2D eigenvalue weighted by Crippen LogP contribution is 2.22. The number of hydrogen-bond acceptors (Lipinski definition) is 2. The summed E-state index contributed by atoms with van der Waals surface area (Å²) in [5.41, 5.74) is 0. The molecule has 3 heteroatoms. The number of nitrogens with one attached hydrogen (secondary N) is 1. The summed E-state index contributed by atoms with van der Waals surface area (Å²) in [5, 5.41) is 3.63. The third-order valence-corrected chi connectivity index (χ3v) is 4.87. The Bertz CT molecular complexity index is 166. The molecule has 1 rings (SSSR count). The largest absolute Gasteiger partial charge is 0.316 e. The molecule has 0 aromatic carbocycles. The normalized spacial score (nSPS) is 24.2. The second kappa shape index (κ2) is 5.76. The first-order valence-corrected chi connectivity index (χ1v) is 6.66. The zero-order valence-electron chi connectivity index (χ0n) is 8.71. The van der Waals surface area contributed by atoms with Gasteiger partial charge < -0.3 is 5.32 Å². The molecule has 1 aliphatic rings. The Labute approximate surface area is 83.9 Å². The molecule has 0 spiro atoms. The molecule has 1 N–H and O–H groups in total. The van der Waals surface area contributed by atoms with Gasteiger partial charge in [0.15, 0.2) is 0 Å². The zero-order chi connectivity index (χ0) is 9.68. The van der Waals surface area contributed by atoms with Crippen molar-refractivity contribution in [3.63, 3.8) is 0 Å². The topological polar surface area (TPSA) is 29.1 Å². The van der Waals surface area contributed by atoms with Crippen molar-refractivity contribution in [1.82, 2.24) is 5.32 Å². The van der Waals surface area contributed by atoms with Gasteiger partial charge in [0.05, 0.1) is 0 Å². The molecule has 0 saturated heterocycles. The maximum Gasteiger partial charge on any atom is 0.0388 e. The van der Waals surface area contributed by atoms with E-state index in [1.165, 1.54) is 32.1 Å². The van der Waals surface area contributed by atoms with Gasteiger partial charge in [0, 0.05) is 27.8 Å². The molecule has 78 valence electrons. The Kier molecular flexibility index (Phi) is 4.96. The van der Waals surface area contributed by atoms with Crippen molar-refractivity contribution in [2.75, 3.05) is 12.8 Å². The predicted octanol–water partition coefficient (Wildman–Crippen LogP) is 1.68. The van der Waals surface area contributed by atoms with Crippen LogP contribution < -0.4 is 5.32 Å². The molecule has 13 heavy (non-hydrogen) atoms. The zero-order valence-corrected chi connectivity index (χ0v) is 9.53. The molecule has 2 nitrogen and oxygen atoms in total. The smallest absolute Gasteiger partial charge is 0.0388 e. The summed E-state index contributed by atoms with van der Waals surface area (Å²) in [5.74, 6) is 0.821. The lowest BCUT2D eigenvalue weighted by atomic mass is 10.0.